The summed E-state index contributed by atoms with van der Waals surface area (Å²) in [5.74, 6) is 0. The lowest BCUT2D eigenvalue weighted by Crippen LogP contribution is -1.62. The Balaban J connectivity index is 2.55. The van der Waals surface area contributed by atoms with E-state index in [1.165, 1.54) is 0 Å². The molecule has 0 atom stereocenters. The van der Waals surface area contributed by atoms with Gasteiger partial charge < -0.3 is 0 Å². The van der Waals surface area contributed by atoms with Gasteiger partial charge in [-0.05, 0) is 18.9 Å². The van der Waals surface area contributed by atoms with Crippen LogP contribution in [0.4, 0.5) is 0 Å². The molecule has 0 unspecified atom stereocenters. The van der Waals surface area contributed by atoms with Crippen molar-refractivity contribution in [2.24, 2.45) is 0 Å². The van der Waals surface area contributed by atoms with Crippen molar-refractivity contribution in [2.45, 2.75) is 12.8 Å². The molecule has 1 aliphatic carbocycles. The normalized spacial score (nSPS) is 30.7. The summed E-state index contributed by atoms with van der Waals surface area (Å²) in [6.45, 7) is 0. The second-order valence-corrected chi connectivity index (χ2v) is 2.48. The maximum atomic E-state index is 3.15. The number of rotatable bonds is 0. The zero-order valence-electron chi connectivity index (χ0n) is 7.11. The Labute approximate surface area is 74.3 Å². The topological polar surface area (TPSA) is 0 Å². The number of hydrogen-bond donors (Lipinski definition) is 0. The van der Waals surface area contributed by atoms with Crippen molar-refractivity contribution in [1.29, 1.82) is 0 Å². The van der Waals surface area contributed by atoms with Gasteiger partial charge in [-0.25, -0.2) is 0 Å². The van der Waals surface area contributed by atoms with Crippen molar-refractivity contribution < 1.29 is 0 Å². The molecule has 0 heteroatoms. The van der Waals surface area contributed by atoms with E-state index in [9.17, 15) is 0 Å². The zero-order valence-corrected chi connectivity index (χ0v) is 7.11. The summed E-state index contributed by atoms with van der Waals surface area (Å²) in [5.41, 5.74) is 0. The minimum absolute atomic E-state index is 0.887. The summed E-state index contributed by atoms with van der Waals surface area (Å²) < 4.78 is 0. The lowest BCUT2D eigenvalue weighted by molar-refractivity contribution is 1.33. The predicted molar refractivity (Wildman–Crippen MR) is 53.6 cm³/mol. The van der Waals surface area contributed by atoms with Crippen LogP contribution in [-0.2, 0) is 0 Å². The van der Waals surface area contributed by atoms with Crippen LogP contribution in [0.3, 0.4) is 0 Å². The molecule has 0 nitrogen and oxygen atoms in total. The van der Waals surface area contributed by atoms with Gasteiger partial charge >= 0.3 is 0 Å². The van der Waals surface area contributed by atoms with E-state index in [0.29, 0.717) is 0 Å². The van der Waals surface area contributed by atoms with Crippen LogP contribution in [0.1, 0.15) is 12.8 Å². The first kappa shape index (κ1) is 8.79. The second kappa shape index (κ2) is 6.41. The van der Waals surface area contributed by atoms with Crippen molar-refractivity contribution in [3.8, 4) is 0 Å². The summed E-state index contributed by atoms with van der Waals surface area (Å²) in [7, 11) is 0. The van der Waals surface area contributed by atoms with E-state index in [2.05, 4.69) is 30.4 Å². The van der Waals surface area contributed by atoms with Crippen LogP contribution in [0.5, 0.6) is 0 Å². The van der Waals surface area contributed by atoms with E-state index < -0.39 is 0 Å². The fourth-order valence-corrected chi connectivity index (χ4v) is 0.861. The van der Waals surface area contributed by atoms with Crippen molar-refractivity contribution in [3.63, 3.8) is 0 Å². The van der Waals surface area contributed by atoms with E-state index in [0.717, 1.165) is 12.8 Å². The maximum absolute atomic E-state index is 3.15. The van der Waals surface area contributed by atoms with Gasteiger partial charge in [-0.2, -0.15) is 0 Å². The molecule has 61 valence electrons. The SMILES string of the molecule is [C]1=C\C=C\C\C=C/C=C/C=C\C/1. The summed E-state index contributed by atoms with van der Waals surface area (Å²) in [6, 6.07) is 0. The third-order valence-electron chi connectivity index (χ3n) is 1.46. The van der Waals surface area contributed by atoms with Gasteiger partial charge in [0.15, 0.2) is 0 Å². The van der Waals surface area contributed by atoms with Gasteiger partial charge in [0, 0.05) is 0 Å². The van der Waals surface area contributed by atoms with E-state index in [1.54, 1.807) is 0 Å². The smallest absolute Gasteiger partial charge is 0.00915 e. The molecule has 0 spiro atoms. The van der Waals surface area contributed by atoms with Crippen LogP contribution in [0.25, 0.3) is 0 Å². The number of hydrogen-bond acceptors (Lipinski definition) is 0. The Morgan fingerprint density at radius 3 is 2.42 bits per heavy atom. The highest BCUT2D eigenvalue weighted by Gasteiger charge is 1.72. The summed E-state index contributed by atoms with van der Waals surface area (Å²) in [4.78, 5) is 0. The van der Waals surface area contributed by atoms with E-state index in [-0.39, 0.29) is 0 Å². The first-order valence-corrected chi connectivity index (χ1v) is 4.20. The molecule has 1 radical (unpaired) electrons. The van der Waals surface area contributed by atoms with Crippen molar-refractivity contribution in [2.75, 3.05) is 0 Å². The molecule has 0 saturated heterocycles. The molecule has 0 aromatic rings. The molecule has 0 bridgehead atoms. The zero-order chi connectivity index (χ0) is 8.49. The van der Waals surface area contributed by atoms with Crippen LogP contribution >= 0.6 is 0 Å². The molecule has 0 heterocycles. The highest BCUT2D eigenvalue weighted by Crippen LogP contribution is 1.92. The average Bonchev–Trinajstić information content (AvgIpc) is 2.05. The molecular weight excluding hydrogens is 144 g/mol. The van der Waals surface area contributed by atoms with Gasteiger partial charge in [-0.1, -0.05) is 54.7 Å². The van der Waals surface area contributed by atoms with Gasteiger partial charge in [0.25, 0.3) is 0 Å². The van der Waals surface area contributed by atoms with Gasteiger partial charge in [-0.15, -0.1) is 0 Å². The molecule has 1 rings (SSSR count). The highest BCUT2D eigenvalue weighted by atomic mass is 13.8. The van der Waals surface area contributed by atoms with Gasteiger partial charge in [0.05, 0.1) is 0 Å². The quantitative estimate of drug-likeness (QED) is 0.505. The fraction of sp³-hybridized carbons (Fsp3) is 0.167. The molecule has 12 heavy (non-hydrogen) atoms. The minimum Gasteiger partial charge on any atom is -0.0807 e. The highest BCUT2D eigenvalue weighted by molar-refractivity contribution is 5.14. The standard InChI is InChI=1S/C12H13/c1-2-4-6-8-10-12-11-9-7-5-3-1/h1-6,9,11-12H,7-8H2/b2-1+,5-3-,6-4-,11-9+,12-10?. The molecule has 0 aromatic heterocycles. The average molecular weight is 157 g/mol. The Morgan fingerprint density at radius 2 is 1.50 bits per heavy atom. The Kier molecular flexibility index (Phi) is 4.70. The van der Waals surface area contributed by atoms with Crippen LogP contribution in [0.15, 0.2) is 54.7 Å². The van der Waals surface area contributed by atoms with Gasteiger partial charge in [0.2, 0.25) is 0 Å². The molecular formula is C12H13. The van der Waals surface area contributed by atoms with Gasteiger partial charge in [0.1, 0.15) is 0 Å². The monoisotopic (exact) mass is 157 g/mol. The lowest BCUT2D eigenvalue weighted by atomic mass is 10.2. The molecule has 0 amide bonds. The van der Waals surface area contributed by atoms with Crippen LogP contribution in [-0.4, -0.2) is 0 Å². The van der Waals surface area contributed by atoms with Crippen LogP contribution in [0, 0.1) is 6.08 Å². The Bertz CT molecular complexity index is 211. The third kappa shape index (κ3) is 4.51. The van der Waals surface area contributed by atoms with Crippen LogP contribution < -0.4 is 0 Å². The molecule has 0 fully saturated rings. The second-order valence-electron chi connectivity index (χ2n) is 2.48. The van der Waals surface area contributed by atoms with Gasteiger partial charge in [-0.3, -0.25) is 0 Å². The van der Waals surface area contributed by atoms with E-state index >= 15 is 0 Å². The fourth-order valence-electron chi connectivity index (χ4n) is 0.861. The summed E-state index contributed by atoms with van der Waals surface area (Å²) in [6.07, 6.45) is 23.5. The maximum Gasteiger partial charge on any atom is -0.00915 e. The largest absolute Gasteiger partial charge is 0.0807 e. The first-order valence-electron chi connectivity index (χ1n) is 4.20. The first-order chi connectivity index (χ1) is 6.00. The third-order valence-corrected chi connectivity index (χ3v) is 1.46. The van der Waals surface area contributed by atoms with E-state index in [4.69, 9.17) is 0 Å². The number of allylic oxidation sites excluding steroid dienone is 10. The summed E-state index contributed by atoms with van der Waals surface area (Å²) in [5, 5.41) is 0. The predicted octanol–water partition coefficient (Wildman–Crippen LogP) is 3.36. The van der Waals surface area contributed by atoms with Crippen LogP contribution in [0.2, 0.25) is 0 Å². The Morgan fingerprint density at radius 1 is 0.750 bits per heavy atom. The lowest BCUT2D eigenvalue weighted by Gasteiger charge is -1.82. The van der Waals surface area contributed by atoms with Crippen molar-refractivity contribution in [1.82, 2.24) is 0 Å². The molecule has 0 saturated carbocycles. The Hall–Kier alpha value is -1.30. The molecule has 0 aromatic carbocycles. The minimum atomic E-state index is 0.887. The molecule has 0 aliphatic heterocycles. The van der Waals surface area contributed by atoms with E-state index in [1.807, 2.05) is 30.4 Å². The van der Waals surface area contributed by atoms with Crippen molar-refractivity contribution >= 4 is 0 Å². The molecule has 1 aliphatic rings. The van der Waals surface area contributed by atoms with Crippen molar-refractivity contribution in [3.05, 3.63) is 60.8 Å². The molecule has 0 N–H and O–H groups in total. The summed E-state index contributed by atoms with van der Waals surface area (Å²) >= 11 is 0.